The Labute approximate surface area is 116 Å². The van der Waals surface area contributed by atoms with Crippen molar-refractivity contribution in [1.29, 1.82) is 0 Å². The Balaban J connectivity index is 1.89. The van der Waals surface area contributed by atoms with Gasteiger partial charge in [0.05, 0.1) is 11.9 Å². The van der Waals surface area contributed by atoms with E-state index in [0.717, 1.165) is 17.0 Å². The van der Waals surface area contributed by atoms with Gasteiger partial charge < -0.3 is 5.11 Å². The minimum absolute atomic E-state index is 0.132. The second-order valence-electron chi connectivity index (χ2n) is 4.47. The zero-order valence-corrected chi connectivity index (χ0v) is 11.4. The van der Waals surface area contributed by atoms with Crippen LogP contribution in [0.3, 0.4) is 0 Å². The molecule has 0 spiro atoms. The van der Waals surface area contributed by atoms with Crippen molar-refractivity contribution in [3.63, 3.8) is 0 Å². The first kappa shape index (κ1) is 13.8. The number of rotatable bonds is 4. The van der Waals surface area contributed by atoms with Gasteiger partial charge in [0.1, 0.15) is 12.3 Å². The highest BCUT2D eigenvalue weighted by atomic mass is 16.3. The molecule has 0 aliphatic carbocycles. The molecular weight excluding hydrogens is 256 g/mol. The van der Waals surface area contributed by atoms with Crippen LogP contribution in [-0.2, 0) is 11.3 Å². The van der Waals surface area contributed by atoms with Crippen molar-refractivity contribution in [3.05, 3.63) is 47.3 Å². The fraction of sp³-hybridized carbons (Fsp3) is 0.214. The van der Waals surface area contributed by atoms with Crippen LogP contribution in [0.25, 0.3) is 0 Å². The Bertz CT molecular complexity index is 629. The molecule has 20 heavy (non-hydrogen) atoms. The number of carbonyl (C=O) groups is 1. The zero-order chi connectivity index (χ0) is 14.5. The Kier molecular flexibility index (Phi) is 4.14. The molecule has 1 amide bonds. The SMILES string of the molecule is Cc1cc(C)n(CC(=O)N/N=C\c2ccc(O)cc2)n1. The first-order valence-corrected chi connectivity index (χ1v) is 6.16. The first-order chi connectivity index (χ1) is 9.54. The normalized spacial score (nSPS) is 10.9. The lowest BCUT2D eigenvalue weighted by atomic mass is 10.2. The highest BCUT2D eigenvalue weighted by molar-refractivity contribution is 5.82. The van der Waals surface area contributed by atoms with Gasteiger partial charge in [-0.2, -0.15) is 10.2 Å². The van der Waals surface area contributed by atoms with E-state index < -0.39 is 0 Å². The molecule has 1 heterocycles. The van der Waals surface area contributed by atoms with Gasteiger partial charge in [0.25, 0.3) is 5.91 Å². The Morgan fingerprint density at radius 1 is 1.40 bits per heavy atom. The van der Waals surface area contributed by atoms with Gasteiger partial charge in [-0.3, -0.25) is 9.48 Å². The molecule has 6 heteroatoms. The average molecular weight is 272 g/mol. The summed E-state index contributed by atoms with van der Waals surface area (Å²) in [4.78, 5) is 11.7. The summed E-state index contributed by atoms with van der Waals surface area (Å²) < 4.78 is 1.63. The predicted octanol–water partition coefficient (Wildman–Crippen LogP) is 1.36. The summed E-state index contributed by atoms with van der Waals surface area (Å²) in [6, 6.07) is 8.42. The number of phenols is 1. The van der Waals surface area contributed by atoms with Crippen LogP contribution in [0.1, 0.15) is 17.0 Å². The van der Waals surface area contributed by atoms with E-state index in [9.17, 15) is 4.79 Å². The summed E-state index contributed by atoms with van der Waals surface area (Å²) in [5, 5.41) is 17.2. The Hall–Kier alpha value is -2.63. The number of hydrazone groups is 1. The fourth-order valence-corrected chi connectivity index (χ4v) is 1.75. The van der Waals surface area contributed by atoms with Crippen LogP contribution in [0.15, 0.2) is 35.4 Å². The van der Waals surface area contributed by atoms with Gasteiger partial charge in [0.15, 0.2) is 0 Å². The number of aromatic hydroxyl groups is 1. The molecule has 0 saturated heterocycles. The van der Waals surface area contributed by atoms with Gasteiger partial charge in [0, 0.05) is 5.69 Å². The minimum atomic E-state index is -0.244. The van der Waals surface area contributed by atoms with Crippen LogP contribution in [0.4, 0.5) is 0 Å². The number of phenolic OH excluding ortho intramolecular Hbond substituents is 1. The lowest BCUT2D eigenvalue weighted by Crippen LogP contribution is -2.24. The topological polar surface area (TPSA) is 79.5 Å². The summed E-state index contributed by atoms with van der Waals surface area (Å²) in [6.07, 6.45) is 1.51. The smallest absolute Gasteiger partial charge is 0.261 e. The van der Waals surface area contributed by atoms with Crippen LogP contribution < -0.4 is 5.43 Å². The van der Waals surface area contributed by atoms with E-state index in [4.69, 9.17) is 5.11 Å². The molecule has 2 aromatic rings. The average Bonchev–Trinajstić information content (AvgIpc) is 2.70. The number of nitrogens with zero attached hydrogens (tertiary/aromatic N) is 3. The molecule has 0 saturated carbocycles. The lowest BCUT2D eigenvalue weighted by molar-refractivity contribution is -0.121. The van der Waals surface area contributed by atoms with Crippen LogP contribution in [0.2, 0.25) is 0 Å². The number of aryl methyl sites for hydroxylation is 2. The van der Waals surface area contributed by atoms with Crippen LogP contribution in [0, 0.1) is 13.8 Å². The van der Waals surface area contributed by atoms with Gasteiger partial charge in [-0.05, 0) is 49.7 Å². The van der Waals surface area contributed by atoms with E-state index in [1.807, 2.05) is 19.9 Å². The maximum Gasteiger partial charge on any atom is 0.261 e. The van der Waals surface area contributed by atoms with Crippen molar-refractivity contribution >= 4 is 12.1 Å². The van der Waals surface area contributed by atoms with Crippen molar-refractivity contribution < 1.29 is 9.90 Å². The van der Waals surface area contributed by atoms with Crippen LogP contribution in [-0.4, -0.2) is 27.0 Å². The fourth-order valence-electron chi connectivity index (χ4n) is 1.75. The highest BCUT2D eigenvalue weighted by Gasteiger charge is 2.05. The lowest BCUT2D eigenvalue weighted by Gasteiger charge is -2.02. The molecular formula is C14H16N4O2. The van der Waals surface area contributed by atoms with Gasteiger partial charge in [-0.15, -0.1) is 0 Å². The molecule has 2 N–H and O–H groups in total. The third kappa shape index (κ3) is 3.68. The van der Waals surface area contributed by atoms with E-state index >= 15 is 0 Å². The monoisotopic (exact) mass is 272 g/mol. The highest BCUT2D eigenvalue weighted by Crippen LogP contribution is 2.07. The predicted molar refractivity (Wildman–Crippen MR) is 75.5 cm³/mol. The molecule has 1 aromatic carbocycles. The summed E-state index contributed by atoms with van der Waals surface area (Å²) >= 11 is 0. The van der Waals surface area contributed by atoms with Crippen molar-refractivity contribution in [2.45, 2.75) is 20.4 Å². The molecule has 0 radical (unpaired) electrons. The molecule has 2 rings (SSSR count). The maximum atomic E-state index is 11.7. The van der Waals surface area contributed by atoms with Crippen molar-refractivity contribution in [1.82, 2.24) is 15.2 Å². The number of amides is 1. The zero-order valence-electron chi connectivity index (χ0n) is 11.4. The van der Waals surface area contributed by atoms with Crippen molar-refractivity contribution in [3.8, 4) is 5.75 Å². The van der Waals surface area contributed by atoms with E-state index in [1.165, 1.54) is 6.21 Å². The second kappa shape index (κ2) is 6.01. The van der Waals surface area contributed by atoms with Gasteiger partial charge in [-0.25, -0.2) is 5.43 Å². The van der Waals surface area contributed by atoms with Gasteiger partial charge in [0.2, 0.25) is 0 Å². The molecule has 1 aromatic heterocycles. The standard InChI is InChI=1S/C14H16N4O2/c1-10-7-11(2)18(17-10)9-14(20)16-15-8-12-3-5-13(19)6-4-12/h3-8,19H,9H2,1-2H3,(H,16,20)/b15-8-. The maximum absolute atomic E-state index is 11.7. The molecule has 0 fully saturated rings. The number of hydrogen-bond donors (Lipinski definition) is 2. The quantitative estimate of drug-likeness (QED) is 0.651. The van der Waals surface area contributed by atoms with Gasteiger partial charge in [-0.1, -0.05) is 0 Å². The van der Waals surface area contributed by atoms with Crippen molar-refractivity contribution in [2.24, 2.45) is 5.10 Å². The van der Waals surface area contributed by atoms with E-state index in [2.05, 4.69) is 15.6 Å². The summed E-state index contributed by atoms with van der Waals surface area (Å²) in [6.45, 7) is 3.91. The van der Waals surface area contributed by atoms with Crippen molar-refractivity contribution in [2.75, 3.05) is 0 Å². The van der Waals surface area contributed by atoms with E-state index in [1.54, 1.807) is 28.9 Å². The third-order valence-corrected chi connectivity index (χ3v) is 2.69. The third-order valence-electron chi connectivity index (χ3n) is 2.69. The molecule has 0 unspecified atom stereocenters. The summed E-state index contributed by atoms with van der Waals surface area (Å²) in [5.41, 5.74) is 5.03. The largest absolute Gasteiger partial charge is 0.508 e. The van der Waals surface area contributed by atoms with Gasteiger partial charge >= 0.3 is 0 Å². The summed E-state index contributed by atoms with van der Waals surface area (Å²) in [5.74, 6) is -0.0538. The second-order valence-corrected chi connectivity index (χ2v) is 4.47. The Morgan fingerprint density at radius 2 is 2.10 bits per heavy atom. The molecule has 0 aliphatic rings. The van der Waals surface area contributed by atoms with Crippen LogP contribution >= 0.6 is 0 Å². The molecule has 0 bridgehead atoms. The number of carbonyl (C=O) groups excluding carboxylic acids is 1. The van der Waals surface area contributed by atoms with E-state index in [-0.39, 0.29) is 18.2 Å². The first-order valence-electron chi connectivity index (χ1n) is 6.16. The molecule has 104 valence electrons. The molecule has 0 aliphatic heterocycles. The number of hydrogen-bond acceptors (Lipinski definition) is 4. The molecule has 0 atom stereocenters. The Morgan fingerprint density at radius 3 is 2.70 bits per heavy atom. The van der Waals surface area contributed by atoms with Crippen LogP contribution in [0.5, 0.6) is 5.75 Å². The summed E-state index contributed by atoms with van der Waals surface area (Å²) in [7, 11) is 0. The number of aromatic nitrogens is 2. The minimum Gasteiger partial charge on any atom is -0.508 e. The number of nitrogens with one attached hydrogen (secondary N) is 1. The van der Waals surface area contributed by atoms with E-state index in [0.29, 0.717) is 0 Å². The number of benzene rings is 1. The molecule has 6 nitrogen and oxygen atoms in total.